The Kier molecular flexibility index (Phi) is 5.37. The van der Waals surface area contributed by atoms with E-state index < -0.39 is 24.0 Å². The number of esters is 1. The van der Waals surface area contributed by atoms with E-state index in [1.54, 1.807) is 0 Å². The summed E-state index contributed by atoms with van der Waals surface area (Å²) in [5.74, 6) is -2.70. The fraction of sp³-hybridized carbons (Fsp3) is 0.875. The number of alkyl halides is 3. The van der Waals surface area contributed by atoms with E-state index in [-0.39, 0.29) is 31.9 Å². The lowest BCUT2D eigenvalue weighted by molar-refractivity contribution is -0.184. The van der Waals surface area contributed by atoms with Gasteiger partial charge in [-0.25, -0.2) is 0 Å². The summed E-state index contributed by atoms with van der Waals surface area (Å²) in [7, 11) is 1.18. The summed E-state index contributed by atoms with van der Waals surface area (Å²) in [6.45, 7) is 0.149. The van der Waals surface area contributed by atoms with Gasteiger partial charge in [0.25, 0.3) is 0 Å². The summed E-state index contributed by atoms with van der Waals surface area (Å²) in [6, 6.07) is 0. The van der Waals surface area contributed by atoms with Gasteiger partial charge in [0.1, 0.15) is 0 Å². The molecule has 1 N–H and O–H groups in total. The number of carbonyl (C=O) groups is 1. The molecule has 1 rings (SSSR count). The van der Waals surface area contributed by atoms with Gasteiger partial charge >= 0.3 is 12.1 Å². The molecule has 1 fully saturated rings. The third-order valence-electron chi connectivity index (χ3n) is 2.35. The maximum Gasteiger partial charge on any atom is 0.393 e. The molecule has 0 bridgehead atoms. The predicted octanol–water partition coefficient (Wildman–Crippen LogP) is 1.37. The van der Waals surface area contributed by atoms with Crippen molar-refractivity contribution in [3.05, 3.63) is 0 Å². The summed E-state index contributed by atoms with van der Waals surface area (Å²) in [6.07, 6.45) is -4.41. The minimum absolute atomic E-state index is 0. The number of hydrogen-bond acceptors (Lipinski definition) is 3. The van der Waals surface area contributed by atoms with Gasteiger partial charge in [-0.3, -0.25) is 4.79 Å². The van der Waals surface area contributed by atoms with Crippen LogP contribution in [0, 0.1) is 11.8 Å². The Morgan fingerprint density at radius 1 is 1.40 bits per heavy atom. The molecular weight excluding hydrogens is 235 g/mol. The molecule has 0 spiro atoms. The number of ether oxygens (including phenoxy) is 1. The first-order valence-electron chi connectivity index (χ1n) is 4.30. The average Bonchev–Trinajstić information content (AvgIpc) is 2.15. The van der Waals surface area contributed by atoms with E-state index >= 15 is 0 Å². The zero-order valence-electron chi connectivity index (χ0n) is 8.13. The molecule has 0 radical (unpaired) electrons. The van der Waals surface area contributed by atoms with Crippen molar-refractivity contribution in [3.8, 4) is 0 Å². The molecular formula is C8H13ClF3NO2. The monoisotopic (exact) mass is 247 g/mol. The molecule has 1 saturated heterocycles. The highest BCUT2D eigenvalue weighted by molar-refractivity contribution is 5.85. The molecule has 90 valence electrons. The Morgan fingerprint density at radius 3 is 2.47 bits per heavy atom. The van der Waals surface area contributed by atoms with Crippen molar-refractivity contribution in [3.63, 3.8) is 0 Å². The number of hydrogen-bond donors (Lipinski definition) is 1. The Balaban J connectivity index is 0.00000196. The minimum Gasteiger partial charge on any atom is -0.469 e. The second-order valence-electron chi connectivity index (χ2n) is 3.35. The molecule has 3 nitrogen and oxygen atoms in total. The number of halogens is 4. The molecule has 0 saturated carbocycles. The van der Waals surface area contributed by atoms with Crippen molar-refractivity contribution in [1.29, 1.82) is 0 Å². The van der Waals surface area contributed by atoms with Crippen molar-refractivity contribution in [2.45, 2.75) is 12.6 Å². The van der Waals surface area contributed by atoms with Crippen LogP contribution in [0.3, 0.4) is 0 Å². The van der Waals surface area contributed by atoms with Gasteiger partial charge in [-0.15, -0.1) is 12.4 Å². The average molecular weight is 248 g/mol. The van der Waals surface area contributed by atoms with Crippen molar-refractivity contribution in [1.82, 2.24) is 5.32 Å². The fourth-order valence-electron chi connectivity index (χ4n) is 1.54. The zero-order chi connectivity index (χ0) is 10.8. The van der Waals surface area contributed by atoms with Crippen molar-refractivity contribution in [2.24, 2.45) is 11.8 Å². The summed E-state index contributed by atoms with van der Waals surface area (Å²) < 4.78 is 41.3. The molecule has 0 aromatic carbocycles. The number of piperidine rings is 1. The highest BCUT2D eigenvalue weighted by Crippen LogP contribution is 2.32. The lowest BCUT2D eigenvalue weighted by Gasteiger charge is -2.29. The molecule has 1 aliphatic rings. The first-order valence-corrected chi connectivity index (χ1v) is 4.30. The summed E-state index contributed by atoms with van der Waals surface area (Å²) in [5.41, 5.74) is 0. The van der Waals surface area contributed by atoms with E-state index in [4.69, 9.17) is 0 Å². The smallest absolute Gasteiger partial charge is 0.393 e. The SMILES string of the molecule is COC(=O)[C@@H]1CNC[C@H](C(F)(F)F)C1.Cl. The van der Waals surface area contributed by atoms with Crippen LogP contribution in [0.4, 0.5) is 13.2 Å². The van der Waals surface area contributed by atoms with E-state index in [1.165, 1.54) is 7.11 Å². The first-order chi connectivity index (χ1) is 6.45. The van der Waals surface area contributed by atoms with E-state index in [0.717, 1.165) is 0 Å². The molecule has 0 aromatic heterocycles. The van der Waals surface area contributed by atoms with Crippen LogP contribution in [0.5, 0.6) is 0 Å². The molecule has 0 unspecified atom stereocenters. The van der Waals surface area contributed by atoms with E-state index in [2.05, 4.69) is 10.1 Å². The van der Waals surface area contributed by atoms with Crippen LogP contribution in [0.1, 0.15) is 6.42 Å². The molecule has 1 aliphatic heterocycles. The normalized spacial score (nSPS) is 26.7. The van der Waals surface area contributed by atoms with Crippen LogP contribution in [-0.2, 0) is 9.53 Å². The highest BCUT2D eigenvalue weighted by atomic mass is 35.5. The van der Waals surface area contributed by atoms with Crippen LogP contribution >= 0.6 is 12.4 Å². The van der Waals surface area contributed by atoms with Crippen LogP contribution in [0.25, 0.3) is 0 Å². The molecule has 0 amide bonds. The second-order valence-corrected chi connectivity index (χ2v) is 3.35. The maximum atomic E-state index is 12.3. The van der Waals surface area contributed by atoms with Crippen LogP contribution in [0.15, 0.2) is 0 Å². The Bertz CT molecular complexity index is 222. The van der Waals surface area contributed by atoms with Gasteiger partial charge in [-0.1, -0.05) is 0 Å². The summed E-state index contributed by atoms with van der Waals surface area (Å²) in [5, 5.41) is 2.59. The van der Waals surface area contributed by atoms with Crippen LogP contribution < -0.4 is 5.32 Å². The quantitative estimate of drug-likeness (QED) is 0.712. The molecule has 2 atom stereocenters. The Labute approximate surface area is 91.8 Å². The molecule has 0 aromatic rings. The molecule has 0 aliphatic carbocycles. The van der Waals surface area contributed by atoms with Crippen LogP contribution in [0.2, 0.25) is 0 Å². The van der Waals surface area contributed by atoms with Crippen molar-refractivity contribution >= 4 is 18.4 Å². The first kappa shape index (κ1) is 14.5. The topological polar surface area (TPSA) is 38.3 Å². The van der Waals surface area contributed by atoms with Gasteiger partial charge in [0.2, 0.25) is 0 Å². The van der Waals surface area contributed by atoms with Gasteiger partial charge in [-0.2, -0.15) is 13.2 Å². The lowest BCUT2D eigenvalue weighted by atomic mass is 9.90. The summed E-state index contributed by atoms with van der Waals surface area (Å²) in [4.78, 5) is 11.0. The number of methoxy groups -OCH3 is 1. The van der Waals surface area contributed by atoms with E-state index in [1.807, 2.05) is 0 Å². The molecule has 7 heteroatoms. The fourth-order valence-corrected chi connectivity index (χ4v) is 1.54. The van der Waals surface area contributed by atoms with Crippen LogP contribution in [-0.4, -0.2) is 32.3 Å². The molecule has 15 heavy (non-hydrogen) atoms. The lowest BCUT2D eigenvalue weighted by Crippen LogP contribution is -2.45. The van der Waals surface area contributed by atoms with Crippen molar-refractivity contribution < 1.29 is 22.7 Å². The maximum absolute atomic E-state index is 12.3. The Hall–Kier alpha value is -0.490. The predicted molar refractivity (Wildman–Crippen MR) is 49.8 cm³/mol. The van der Waals surface area contributed by atoms with Gasteiger partial charge in [0.05, 0.1) is 18.9 Å². The van der Waals surface area contributed by atoms with E-state index in [9.17, 15) is 18.0 Å². The number of rotatable bonds is 1. The molecule has 1 heterocycles. The zero-order valence-corrected chi connectivity index (χ0v) is 8.95. The minimum atomic E-state index is -4.24. The second kappa shape index (κ2) is 5.55. The van der Waals surface area contributed by atoms with Gasteiger partial charge in [0.15, 0.2) is 0 Å². The third kappa shape index (κ3) is 3.87. The highest BCUT2D eigenvalue weighted by Gasteiger charge is 2.43. The Morgan fingerprint density at radius 2 is 2.00 bits per heavy atom. The standard InChI is InChI=1S/C8H12F3NO2.ClH/c1-14-7(13)5-2-6(4-12-3-5)8(9,10)11;/h5-6,12H,2-4H2,1H3;1H/t5-,6+;/m0./s1. The number of carbonyl (C=O) groups excluding carboxylic acids is 1. The van der Waals surface area contributed by atoms with Crippen molar-refractivity contribution in [2.75, 3.05) is 20.2 Å². The van der Waals surface area contributed by atoms with Gasteiger partial charge in [-0.05, 0) is 6.42 Å². The number of nitrogens with one attached hydrogen (secondary N) is 1. The van der Waals surface area contributed by atoms with E-state index in [0.29, 0.717) is 0 Å². The van der Waals surface area contributed by atoms with Gasteiger partial charge < -0.3 is 10.1 Å². The third-order valence-corrected chi connectivity index (χ3v) is 2.35. The summed E-state index contributed by atoms with van der Waals surface area (Å²) >= 11 is 0. The largest absolute Gasteiger partial charge is 0.469 e. The van der Waals surface area contributed by atoms with Gasteiger partial charge in [0, 0.05) is 13.1 Å².